The van der Waals surface area contributed by atoms with Crippen molar-refractivity contribution >= 4 is 0 Å². The molecule has 0 bridgehead atoms. The topological polar surface area (TPSA) is 26.7 Å². The Hall–Kier alpha value is -0.900. The van der Waals surface area contributed by atoms with E-state index < -0.39 is 0 Å². The number of likely N-dealkylation sites (N-methyl/N-ethyl adjacent to an activating group) is 1. The Morgan fingerprint density at radius 1 is 1.21 bits per heavy atom. The minimum atomic E-state index is 0.273. The van der Waals surface area contributed by atoms with Crippen molar-refractivity contribution in [2.45, 2.75) is 24.3 Å². The zero-order valence-electron chi connectivity index (χ0n) is 11.8. The highest BCUT2D eigenvalue weighted by molar-refractivity contribution is 5.31. The number of nitrogens with zero attached hydrogens (tertiary/aromatic N) is 2. The number of β-amino-alcohol motifs (C(OH)–C–C–N with tert-alkyl or cyclic N) is 1. The molecular formula is C16H24N2O. The van der Waals surface area contributed by atoms with E-state index in [0.29, 0.717) is 11.5 Å². The van der Waals surface area contributed by atoms with Crippen LogP contribution in [-0.4, -0.2) is 60.8 Å². The summed E-state index contributed by atoms with van der Waals surface area (Å²) in [5.74, 6) is 0. The molecule has 2 atom stereocenters. The second-order valence-electron chi connectivity index (χ2n) is 6.04. The first-order valence-corrected chi connectivity index (χ1v) is 7.35. The molecule has 1 aromatic rings. The number of aliphatic hydroxyl groups is 1. The van der Waals surface area contributed by atoms with Gasteiger partial charge in [-0.2, -0.15) is 0 Å². The molecule has 0 aliphatic carbocycles. The van der Waals surface area contributed by atoms with Gasteiger partial charge in [0, 0.05) is 24.5 Å². The van der Waals surface area contributed by atoms with E-state index in [2.05, 4.69) is 47.2 Å². The van der Waals surface area contributed by atoms with Crippen LogP contribution >= 0.6 is 0 Å². The van der Waals surface area contributed by atoms with E-state index >= 15 is 0 Å². The molecule has 0 amide bonds. The summed E-state index contributed by atoms with van der Waals surface area (Å²) in [6.45, 7) is 4.47. The van der Waals surface area contributed by atoms with Crippen LogP contribution in [0.25, 0.3) is 0 Å². The molecule has 104 valence electrons. The standard InChI is InChI=1S/C16H24N2O/c1-17-9-7-16(14-5-3-2-4-6-14)8-10-18(11-12-19)13-15(16)17/h2-6,15,19H,7-13H2,1H3. The van der Waals surface area contributed by atoms with Gasteiger partial charge >= 0.3 is 0 Å². The Morgan fingerprint density at radius 2 is 1.95 bits per heavy atom. The van der Waals surface area contributed by atoms with Crippen LogP contribution in [0, 0.1) is 0 Å². The molecule has 0 aromatic heterocycles. The fraction of sp³-hybridized carbons (Fsp3) is 0.625. The molecule has 2 aliphatic rings. The van der Waals surface area contributed by atoms with Gasteiger partial charge in [-0.25, -0.2) is 0 Å². The number of hydrogen-bond donors (Lipinski definition) is 1. The van der Waals surface area contributed by atoms with Crippen molar-refractivity contribution in [2.24, 2.45) is 0 Å². The average molecular weight is 260 g/mol. The lowest BCUT2D eigenvalue weighted by atomic mass is 9.69. The zero-order valence-corrected chi connectivity index (χ0v) is 11.8. The maximum Gasteiger partial charge on any atom is 0.0558 e. The highest BCUT2D eigenvalue weighted by Crippen LogP contribution is 2.44. The molecule has 2 unspecified atom stereocenters. The number of aliphatic hydroxyl groups excluding tert-OH is 1. The summed E-state index contributed by atoms with van der Waals surface area (Å²) in [5.41, 5.74) is 1.84. The molecule has 0 saturated carbocycles. The molecule has 2 fully saturated rings. The third-order valence-corrected chi connectivity index (χ3v) is 5.15. The van der Waals surface area contributed by atoms with E-state index in [1.54, 1.807) is 0 Å². The maximum absolute atomic E-state index is 9.15. The van der Waals surface area contributed by atoms with E-state index in [0.717, 1.165) is 19.6 Å². The number of benzene rings is 1. The SMILES string of the molecule is CN1CCC2(c3ccccc3)CCN(CCO)CC12. The molecule has 0 radical (unpaired) electrons. The molecule has 2 heterocycles. The highest BCUT2D eigenvalue weighted by atomic mass is 16.3. The monoisotopic (exact) mass is 260 g/mol. The molecule has 2 aliphatic heterocycles. The summed E-state index contributed by atoms with van der Waals surface area (Å²) in [7, 11) is 2.25. The summed E-state index contributed by atoms with van der Waals surface area (Å²) in [6, 6.07) is 11.6. The fourth-order valence-electron chi connectivity index (χ4n) is 4.02. The Balaban J connectivity index is 1.88. The van der Waals surface area contributed by atoms with Crippen LogP contribution in [0.4, 0.5) is 0 Å². The summed E-state index contributed by atoms with van der Waals surface area (Å²) < 4.78 is 0. The van der Waals surface area contributed by atoms with Crippen LogP contribution in [0.1, 0.15) is 18.4 Å². The maximum atomic E-state index is 9.15. The number of rotatable bonds is 3. The van der Waals surface area contributed by atoms with Crippen LogP contribution in [0.2, 0.25) is 0 Å². The fourth-order valence-corrected chi connectivity index (χ4v) is 4.02. The first-order valence-electron chi connectivity index (χ1n) is 7.35. The zero-order chi connectivity index (χ0) is 13.3. The molecular weight excluding hydrogens is 236 g/mol. The van der Waals surface area contributed by atoms with E-state index in [1.165, 1.54) is 24.9 Å². The Bertz CT molecular complexity index is 422. The predicted octanol–water partition coefficient (Wildman–Crippen LogP) is 1.33. The molecule has 3 nitrogen and oxygen atoms in total. The van der Waals surface area contributed by atoms with Gasteiger partial charge in [0.15, 0.2) is 0 Å². The van der Waals surface area contributed by atoms with Gasteiger partial charge in [-0.15, -0.1) is 0 Å². The van der Waals surface area contributed by atoms with E-state index in [9.17, 15) is 0 Å². The van der Waals surface area contributed by atoms with Crippen molar-refractivity contribution in [3.63, 3.8) is 0 Å². The van der Waals surface area contributed by atoms with Gasteiger partial charge in [-0.3, -0.25) is 4.90 Å². The van der Waals surface area contributed by atoms with Gasteiger partial charge < -0.3 is 10.0 Å². The lowest BCUT2D eigenvalue weighted by Gasteiger charge is -2.46. The Morgan fingerprint density at radius 3 is 2.68 bits per heavy atom. The van der Waals surface area contributed by atoms with Crippen LogP contribution in [0.15, 0.2) is 30.3 Å². The molecule has 0 spiro atoms. The number of hydrogen-bond acceptors (Lipinski definition) is 3. The third-order valence-electron chi connectivity index (χ3n) is 5.15. The van der Waals surface area contributed by atoms with Crippen LogP contribution < -0.4 is 0 Å². The second-order valence-corrected chi connectivity index (χ2v) is 6.04. The third kappa shape index (κ3) is 2.20. The van der Waals surface area contributed by atoms with Gasteiger partial charge in [0.2, 0.25) is 0 Å². The second kappa shape index (κ2) is 5.23. The van der Waals surface area contributed by atoms with E-state index in [1.807, 2.05) is 0 Å². The van der Waals surface area contributed by atoms with Crippen molar-refractivity contribution < 1.29 is 5.11 Å². The van der Waals surface area contributed by atoms with Gasteiger partial charge in [-0.05, 0) is 38.5 Å². The molecule has 1 aromatic carbocycles. The lowest BCUT2D eigenvalue weighted by molar-refractivity contribution is 0.0824. The minimum Gasteiger partial charge on any atom is -0.395 e. The van der Waals surface area contributed by atoms with E-state index in [-0.39, 0.29) is 6.61 Å². The quantitative estimate of drug-likeness (QED) is 0.888. The van der Waals surface area contributed by atoms with Crippen LogP contribution in [0.5, 0.6) is 0 Å². The van der Waals surface area contributed by atoms with Crippen molar-refractivity contribution in [3.05, 3.63) is 35.9 Å². The lowest BCUT2D eigenvalue weighted by Crippen LogP contribution is -2.55. The number of piperidine rings is 1. The van der Waals surface area contributed by atoms with E-state index in [4.69, 9.17) is 5.11 Å². The Kier molecular flexibility index (Phi) is 3.61. The molecule has 3 heteroatoms. The highest BCUT2D eigenvalue weighted by Gasteiger charge is 2.49. The summed E-state index contributed by atoms with van der Waals surface area (Å²) >= 11 is 0. The van der Waals surface area contributed by atoms with Crippen molar-refractivity contribution in [1.82, 2.24) is 9.80 Å². The van der Waals surface area contributed by atoms with Gasteiger partial charge in [0.25, 0.3) is 0 Å². The Labute approximate surface area is 115 Å². The largest absolute Gasteiger partial charge is 0.395 e. The number of fused-ring (bicyclic) bond motifs is 1. The van der Waals surface area contributed by atoms with Crippen molar-refractivity contribution in [2.75, 3.05) is 39.8 Å². The van der Waals surface area contributed by atoms with Crippen LogP contribution in [0.3, 0.4) is 0 Å². The van der Waals surface area contributed by atoms with Gasteiger partial charge in [-0.1, -0.05) is 30.3 Å². The van der Waals surface area contributed by atoms with Gasteiger partial charge in [0.05, 0.1) is 6.61 Å². The summed E-state index contributed by atoms with van der Waals surface area (Å²) in [6.07, 6.45) is 2.48. The smallest absolute Gasteiger partial charge is 0.0558 e. The summed E-state index contributed by atoms with van der Waals surface area (Å²) in [5, 5.41) is 9.15. The normalized spacial score (nSPS) is 32.4. The van der Waals surface area contributed by atoms with Gasteiger partial charge in [0.1, 0.15) is 0 Å². The summed E-state index contributed by atoms with van der Waals surface area (Å²) in [4.78, 5) is 4.92. The molecule has 3 rings (SSSR count). The first kappa shape index (κ1) is 13.1. The first-order chi connectivity index (χ1) is 9.26. The average Bonchev–Trinajstić information content (AvgIpc) is 2.79. The molecule has 2 saturated heterocycles. The minimum absolute atomic E-state index is 0.273. The van der Waals surface area contributed by atoms with Crippen LogP contribution in [-0.2, 0) is 5.41 Å². The molecule has 19 heavy (non-hydrogen) atoms. The predicted molar refractivity (Wildman–Crippen MR) is 77.3 cm³/mol. The van der Waals surface area contributed by atoms with Crippen molar-refractivity contribution in [1.29, 1.82) is 0 Å². The van der Waals surface area contributed by atoms with Crippen molar-refractivity contribution in [3.8, 4) is 0 Å². The molecule has 1 N–H and O–H groups in total. The number of likely N-dealkylation sites (tertiary alicyclic amines) is 2.